The second-order valence-corrected chi connectivity index (χ2v) is 6.40. The van der Waals surface area contributed by atoms with Crippen LogP contribution in [0.15, 0.2) is 0 Å². The standard InChI is InChI=1S/C14H27BrN2/c1-2-5-13(10-15)11-16-7-4-9-17-8-3-6-14(17)12-16/h13-14H,2-12H2,1H3. The summed E-state index contributed by atoms with van der Waals surface area (Å²) in [7, 11) is 0. The summed E-state index contributed by atoms with van der Waals surface area (Å²) < 4.78 is 0. The number of fused-ring (bicyclic) bond motifs is 1. The van der Waals surface area contributed by atoms with Crippen LogP contribution in [0.2, 0.25) is 0 Å². The maximum atomic E-state index is 3.68. The van der Waals surface area contributed by atoms with E-state index in [9.17, 15) is 0 Å². The highest BCUT2D eigenvalue weighted by molar-refractivity contribution is 9.09. The third-order valence-electron chi connectivity index (χ3n) is 4.32. The largest absolute Gasteiger partial charge is 0.301 e. The van der Waals surface area contributed by atoms with Crippen molar-refractivity contribution in [3.05, 3.63) is 0 Å². The minimum absolute atomic E-state index is 0.855. The fraction of sp³-hybridized carbons (Fsp3) is 1.00. The smallest absolute Gasteiger partial charge is 0.0223 e. The molecule has 2 saturated heterocycles. The summed E-state index contributed by atoms with van der Waals surface area (Å²) in [6, 6.07) is 0.870. The van der Waals surface area contributed by atoms with Crippen molar-refractivity contribution in [3.63, 3.8) is 0 Å². The van der Waals surface area contributed by atoms with Crippen molar-refractivity contribution in [2.45, 2.75) is 45.1 Å². The molecule has 2 atom stereocenters. The van der Waals surface area contributed by atoms with Crippen LogP contribution >= 0.6 is 15.9 Å². The molecule has 0 aromatic heterocycles. The molecule has 17 heavy (non-hydrogen) atoms. The zero-order valence-electron chi connectivity index (χ0n) is 11.2. The first-order valence-electron chi connectivity index (χ1n) is 7.35. The van der Waals surface area contributed by atoms with Crippen LogP contribution in [-0.2, 0) is 0 Å². The summed E-state index contributed by atoms with van der Waals surface area (Å²) in [5, 5.41) is 1.17. The molecule has 0 spiro atoms. The van der Waals surface area contributed by atoms with E-state index in [0.29, 0.717) is 0 Å². The first-order chi connectivity index (χ1) is 8.33. The van der Waals surface area contributed by atoms with Gasteiger partial charge in [0, 0.05) is 24.5 Å². The number of nitrogens with zero attached hydrogens (tertiary/aromatic N) is 2. The van der Waals surface area contributed by atoms with Crippen LogP contribution in [-0.4, -0.2) is 53.9 Å². The van der Waals surface area contributed by atoms with Gasteiger partial charge in [-0.1, -0.05) is 29.3 Å². The average molecular weight is 303 g/mol. The Morgan fingerprint density at radius 2 is 2.06 bits per heavy atom. The Labute approximate surface area is 115 Å². The Morgan fingerprint density at radius 1 is 1.24 bits per heavy atom. The minimum atomic E-state index is 0.855. The van der Waals surface area contributed by atoms with Crippen molar-refractivity contribution in [2.75, 3.05) is 38.1 Å². The Morgan fingerprint density at radius 3 is 2.82 bits per heavy atom. The Kier molecular flexibility index (Phi) is 5.78. The van der Waals surface area contributed by atoms with Crippen molar-refractivity contribution in [2.24, 2.45) is 5.92 Å². The van der Waals surface area contributed by atoms with Crippen molar-refractivity contribution in [1.82, 2.24) is 9.80 Å². The molecule has 0 amide bonds. The highest BCUT2D eigenvalue weighted by Crippen LogP contribution is 2.22. The third-order valence-corrected chi connectivity index (χ3v) is 5.23. The lowest BCUT2D eigenvalue weighted by Gasteiger charge is -2.28. The van der Waals surface area contributed by atoms with Crippen LogP contribution in [0.3, 0.4) is 0 Å². The van der Waals surface area contributed by atoms with Crippen LogP contribution in [0, 0.1) is 5.92 Å². The number of rotatable bonds is 5. The van der Waals surface area contributed by atoms with Gasteiger partial charge in [0.15, 0.2) is 0 Å². The van der Waals surface area contributed by atoms with Gasteiger partial charge in [-0.15, -0.1) is 0 Å². The van der Waals surface area contributed by atoms with E-state index in [0.717, 1.165) is 12.0 Å². The Balaban J connectivity index is 1.83. The minimum Gasteiger partial charge on any atom is -0.301 e. The molecule has 0 aromatic carbocycles. The normalized spacial score (nSPS) is 28.9. The van der Waals surface area contributed by atoms with Gasteiger partial charge >= 0.3 is 0 Å². The molecule has 2 aliphatic rings. The fourth-order valence-corrected chi connectivity index (χ4v) is 3.97. The van der Waals surface area contributed by atoms with Crippen molar-refractivity contribution >= 4 is 15.9 Å². The van der Waals surface area contributed by atoms with Crippen LogP contribution in [0.5, 0.6) is 0 Å². The predicted octanol–water partition coefficient (Wildman–Crippen LogP) is 2.97. The molecule has 2 heterocycles. The van der Waals surface area contributed by atoms with Gasteiger partial charge in [-0.05, 0) is 51.2 Å². The van der Waals surface area contributed by atoms with E-state index in [2.05, 4.69) is 32.7 Å². The maximum absolute atomic E-state index is 3.68. The highest BCUT2D eigenvalue weighted by Gasteiger charge is 2.29. The van der Waals surface area contributed by atoms with Gasteiger partial charge in [0.05, 0.1) is 0 Å². The van der Waals surface area contributed by atoms with Crippen LogP contribution < -0.4 is 0 Å². The Bertz CT molecular complexity index is 222. The van der Waals surface area contributed by atoms with Crippen LogP contribution in [0.25, 0.3) is 0 Å². The lowest BCUT2D eigenvalue weighted by molar-refractivity contribution is 0.200. The number of hydrogen-bond donors (Lipinski definition) is 0. The van der Waals surface area contributed by atoms with Gasteiger partial charge in [-0.25, -0.2) is 0 Å². The lowest BCUT2D eigenvalue weighted by atomic mass is 10.1. The monoisotopic (exact) mass is 302 g/mol. The molecule has 2 unspecified atom stereocenters. The van der Waals surface area contributed by atoms with Gasteiger partial charge in [-0.3, -0.25) is 4.90 Å². The molecule has 3 heteroatoms. The molecule has 2 nitrogen and oxygen atoms in total. The van der Waals surface area contributed by atoms with Crippen LogP contribution in [0.1, 0.15) is 39.0 Å². The molecular formula is C14H27BrN2. The third kappa shape index (κ3) is 3.93. The van der Waals surface area contributed by atoms with Crippen molar-refractivity contribution in [1.29, 1.82) is 0 Å². The number of alkyl halides is 1. The van der Waals surface area contributed by atoms with E-state index in [1.54, 1.807) is 0 Å². The summed E-state index contributed by atoms with van der Waals surface area (Å²) in [6.07, 6.45) is 6.92. The zero-order valence-corrected chi connectivity index (χ0v) is 12.8. The second-order valence-electron chi connectivity index (χ2n) is 5.75. The molecule has 0 N–H and O–H groups in total. The molecule has 0 bridgehead atoms. The summed E-state index contributed by atoms with van der Waals surface area (Å²) in [5.41, 5.74) is 0. The van der Waals surface area contributed by atoms with E-state index in [1.807, 2.05) is 0 Å². The topological polar surface area (TPSA) is 6.48 Å². The van der Waals surface area contributed by atoms with Crippen molar-refractivity contribution in [3.8, 4) is 0 Å². The molecular weight excluding hydrogens is 276 g/mol. The van der Waals surface area contributed by atoms with Gasteiger partial charge in [0.2, 0.25) is 0 Å². The zero-order chi connectivity index (χ0) is 12.1. The quantitative estimate of drug-likeness (QED) is 0.721. The molecule has 0 aromatic rings. The van der Waals surface area contributed by atoms with E-state index in [4.69, 9.17) is 0 Å². The van der Waals surface area contributed by atoms with E-state index in [-0.39, 0.29) is 0 Å². The van der Waals surface area contributed by atoms with E-state index in [1.165, 1.54) is 70.2 Å². The summed E-state index contributed by atoms with van der Waals surface area (Å²) in [5.74, 6) is 0.855. The van der Waals surface area contributed by atoms with Crippen molar-refractivity contribution < 1.29 is 0 Å². The fourth-order valence-electron chi connectivity index (χ4n) is 3.44. The summed E-state index contributed by atoms with van der Waals surface area (Å²) in [6.45, 7) is 8.96. The average Bonchev–Trinajstić information content (AvgIpc) is 2.68. The van der Waals surface area contributed by atoms with Gasteiger partial charge in [0.1, 0.15) is 0 Å². The lowest BCUT2D eigenvalue weighted by Crippen LogP contribution is -2.38. The molecule has 0 aliphatic carbocycles. The molecule has 2 rings (SSSR count). The van der Waals surface area contributed by atoms with Crippen LogP contribution in [0.4, 0.5) is 0 Å². The molecule has 2 aliphatic heterocycles. The molecule has 100 valence electrons. The number of halogens is 1. The molecule has 0 saturated carbocycles. The van der Waals surface area contributed by atoms with E-state index < -0.39 is 0 Å². The van der Waals surface area contributed by atoms with Gasteiger partial charge < -0.3 is 4.90 Å². The van der Waals surface area contributed by atoms with Gasteiger partial charge in [0.25, 0.3) is 0 Å². The van der Waals surface area contributed by atoms with E-state index >= 15 is 0 Å². The first kappa shape index (κ1) is 13.8. The second kappa shape index (κ2) is 7.10. The maximum Gasteiger partial charge on any atom is 0.0223 e. The number of hydrogen-bond acceptors (Lipinski definition) is 2. The highest BCUT2D eigenvalue weighted by atomic mass is 79.9. The first-order valence-corrected chi connectivity index (χ1v) is 8.48. The molecule has 2 fully saturated rings. The summed E-state index contributed by atoms with van der Waals surface area (Å²) >= 11 is 3.68. The summed E-state index contributed by atoms with van der Waals surface area (Å²) in [4.78, 5) is 5.46. The predicted molar refractivity (Wildman–Crippen MR) is 77.8 cm³/mol. The Hall–Kier alpha value is 0.400. The van der Waals surface area contributed by atoms with Gasteiger partial charge in [-0.2, -0.15) is 0 Å². The molecule has 0 radical (unpaired) electrons. The SMILES string of the molecule is CCCC(CBr)CN1CCCN2CCCC2C1.